The van der Waals surface area contributed by atoms with Crippen LogP contribution in [0.1, 0.15) is 112 Å². The van der Waals surface area contributed by atoms with E-state index in [0.29, 0.717) is 36.0 Å². The summed E-state index contributed by atoms with van der Waals surface area (Å²) in [6.45, 7) is 2.22. The van der Waals surface area contributed by atoms with E-state index in [2.05, 4.69) is 6.92 Å². The maximum Gasteiger partial charge on any atom is 0.419 e. The van der Waals surface area contributed by atoms with Crippen LogP contribution < -0.4 is 4.74 Å². The van der Waals surface area contributed by atoms with Crippen LogP contribution in [-0.2, 0) is 6.18 Å². The minimum Gasteiger partial charge on any atom is -0.432 e. The highest BCUT2D eigenvalue weighted by Crippen LogP contribution is 2.45. The van der Waals surface area contributed by atoms with Gasteiger partial charge in [0.2, 0.25) is 0 Å². The van der Waals surface area contributed by atoms with Gasteiger partial charge < -0.3 is 4.74 Å². The Morgan fingerprint density at radius 1 is 0.667 bits per heavy atom. The van der Waals surface area contributed by atoms with E-state index in [0.717, 1.165) is 36.5 Å². The highest BCUT2D eigenvalue weighted by Gasteiger charge is 2.44. The normalized spacial score (nSPS) is 22.8. The molecule has 0 radical (unpaired) electrons. The van der Waals surface area contributed by atoms with Crippen LogP contribution in [0.25, 0.3) is 11.1 Å². The molecule has 0 amide bonds. The maximum atomic E-state index is 15.3. The summed E-state index contributed by atoms with van der Waals surface area (Å²) in [5, 5.41) is 0. The molecule has 2 saturated carbocycles. The zero-order valence-corrected chi connectivity index (χ0v) is 25.6. The lowest BCUT2D eigenvalue weighted by molar-refractivity contribution is -0.222. The molecule has 45 heavy (non-hydrogen) atoms. The summed E-state index contributed by atoms with van der Waals surface area (Å²) in [4.78, 5) is 0. The van der Waals surface area contributed by atoms with Gasteiger partial charge in [-0.15, -0.1) is 0 Å². The number of ether oxygens (including phenoxy) is 1. The van der Waals surface area contributed by atoms with Crippen molar-refractivity contribution in [3.05, 3.63) is 89.0 Å². The molecule has 0 aliphatic heterocycles. The van der Waals surface area contributed by atoms with Gasteiger partial charge in [-0.3, -0.25) is 0 Å². The molecule has 2 aliphatic rings. The number of rotatable bonds is 10. The first-order valence-corrected chi connectivity index (χ1v) is 16.3. The third-order valence-electron chi connectivity index (χ3n) is 9.92. The van der Waals surface area contributed by atoms with E-state index in [1.165, 1.54) is 62.8 Å². The smallest absolute Gasteiger partial charge is 0.419 e. The van der Waals surface area contributed by atoms with Gasteiger partial charge in [-0.05, 0) is 122 Å². The quantitative estimate of drug-likeness (QED) is 0.159. The summed E-state index contributed by atoms with van der Waals surface area (Å²) in [6, 6.07) is 13.5. The van der Waals surface area contributed by atoms with Crippen LogP contribution in [0.15, 0.2) is 60.7 Å². The van der Waals surface area contributed by atoms with Crippen LogP contribution in [-0.4, -0.2) is 6.11 Å². The molecule has 2 fully saturated rings. The van der Waals surface area contributed by atoms with Crippen molar-refractivity contribution in [2.45, 2.75) is 108 Å². The van der Waals surface area contributed by atoms with Crippen LogP contribution >= 0.6 is 0 Å². The molecule has 2 aliphatic carbocycles. The van der Waals surface area contributed by atoms with E-state index < -0.39 is 29.6 Å². The molecule has 3 aromatic carbocycles. The van der Waals surface area contributed by atoms with E-state index >= 15 is 13.2 Å². The Balaban J connectivity index is 1.13. The zero-order chi connectivity index (χ0) is 32.2. The highest BCUT2D eigenvalue weighted by atomic mass is 19.4. The van der Waals surface area contributed by atoms with Gasteiger partial charge in [0.05, 0.1) is 11.5 Å². The van der Waals surface area contributed by atoms with Crippen molar-refractivity contribution in [3.8, 4) is 16.9 Å². The number of alkyl halides is 5. The first-order chi connectivity index (χ1) is 21.4. The predicted molar refractivity (Wildman–Crippen MR) is 162 cm³/mol. The Hall–Kier alpha value is -3.03. The van der Waals surface area contributed by atoms with Crippen LogP contribution in [0.3, 0.4) is 0 Å². The zero-order valence-electron chi connectivity index (χ0n) is 25.6. The molecule has 0 aromatic heterocycles. The van der Waals surface area contributed by atoms with Gasteiger partial charge in [-0.1, -0.05) is 62.9 Å². The van der Waals surface area contributed by atoms with Crippen molar-refractivity contribution in [1.82, 2.24) is 0 Å². The van der Waals surface area contributed by atoms with E-state index in [1.807, 2.05) is 12.1 Å². The second-order valence-electron chi connectivity index (χ2n) is 12.9. The molecule has 0 unspecified atom stereocenters. The van der Waals surface area contributed by atoms with E-state index in [1.54, 1.807) is 6.07 Å². The number of hydrogen-bond donors (Lipinski definition) is 0. The minimum atomic E-state index is -4.81. The number of unbranched alkanes of at least 4 members (excludes halogenated alkanes) is 2. The topological polar surface area (TPSA) is 9.23 Å². The standard InChI is InChI=1S/C37H41F7O/c1-2-3-4-5-24-6-8-25(9-7-24)28-14-20-32(34(38)22-28)27-10-16-30(17-11-27)37(43,44)45-31-18-12-26(13-19-31)29-15-21-33(35(39)23-29)36(40,41)42/h12-15,18-25,27,30H,2-11,16-17H2,1H3. The molecule has 0 bridgehead atoms. The van der Waals surface area contributed by atoms with E-state index in [9.17, 15) is 17.6 Å². The summed E-state index contributed by atoms with van der Waals surface area (Å²) in [5.41, 5.74) is 0.826. The Labute approximate surface area is 261 Å². The SMILES string of the molecule is CCCCCC1CCC(c2ccc(C3CCC(C(F)(F)Oc4ccc(-c5ccc(C(F)(F)F)c(F)c5)cc4)CC3)c(F)c2)CC1. The van der Waals surface area contributed by atoms with E-state index in [-0.39, 0.29) is 35.9 Å². The lowest BCUT2D eigenvalue weighted by Gasteiger charge is -2.34. The summed E-state index contributed by atoms with van der Waals surface area (Å²) < 4.78 is 103. The maximum absolute atomic E-state index is 15.3. The van der Waals surface area contributed by atoms with Crippen LogP contribution in [0, 0.1) is 23.5 Å². The Morgan fingerprint density at radius 3 is 1.91 bits per heavy atom. The Bertz CT molecular complexity index is 1400. The van der Waals surface area contributed by atoms with Gasteiger partial charge in [0, 0.05) is 0 Å². The number of benzene rings is 3. The fourth-order valence-electron chi connectivity index (χ4n) is 7.22. The molecule has 244 valence electrons. The van der Waals surface area contributed by atoms with Gasteiger partial charge in [-0.25, -0.2) is 8.78 Å². The molecule has 0 saturated heterocycles. The summed E-state index contributed by atoms with van der Waals surface area (Å²) >= 11 is 0. The lowest BCUT2D eigenvalue weighted by atomic mass is 9.75. The second-order valence-corrected chi connectivity index (χ2v) is 12.9. The van der Waals surface area contributed by atoms with Crippen molar-refractivity contribution >= 4 is 0 Å². The fourth-order valence-corrected chi connectivity index (χ4v) is 7.22. The first-order valence-electron chi connectivity index (χ1n) is 16.3. The van der Waals surface area contributed by atoms with Crippen molar-refractivity contribution in [2.24, 2.45) is 11.8 Å². The molecule has 1 nitrogen and oxygen atoms in total. The van der Waals surface area contributed by atoms with Crippen LogP contribution in [0.2, 0.25) is 0 Å². The molecule has 0 heterocycles. The van der Waals surface area contributed by atoms with Crippen molar-refractivity contribution in [2.75, 3.05) is 0 Å². The van der Waals surface area contributed by atoms with Crippen molar-refractivity contribution < 1.29 is 35.5 Å². The number of hydrogen-bond acceptors (Lipinski definition) is 1. The highest BCUT2D eigenvalue weighted by molar-refractivity contribution is 5.64. The fraction of sp³-hybridized carbons (Fsp3) is 0.514. The molecular formula is C37H41F7O. The molecule has 3 aromatic rings. The summed E-state index contributed by atoms with van der Waals surface area (Å²) in [5.74, 6) is -1.74. The van der Waals surface area contributed by atoms with Crippen LogP contribution in [0.5, 0.6) is 5.75 Å². The monoisotopic (exact) mass is 634 g/mol. The van der Waals surface area contributed by atoms with Gasteiger partial charge in [-0.2, -0.15) is 22.0 Å². The summed E-state index contributed by atoms with van der Waals surface area (Å²) in [6.07, 6.45) is 2.64. The second kappa shape index (κ2) is 14.2. The minimum absolute atomic E-state index is 0.102. The summed E-state index contributed by atoms with van der Waals surface area (Å²) in [7, 11) is 0. The number of halogens is 7. The Morgan fingerprint density at radius 2 is 1.31 bits per heavy atom. The molecule has 0 atom stereocenters. The van der Waals surface area contributed by atoms with Gasteiger partial charge in [0.15, 0.2) is 0 Å². The molecule has 8 heteroatoms. The molecule has 0 spiro atoms. The third kappa shape index (κ3) is 8.23. The predicted octanol–water partition coefficient (Wildman–Crippen LogP) is 12.5. The van der Waals surface area contributed by atoms with Gasteiger partial charge in [0.1, 0.15) is 17.4 Å². The van der Waals surface area contributed by atoms with Crippen molar-refractivity contribution in [3.63, 3.8) is 0 Å². The average Bonchev–Trinajstić information content (AvgIpc) is 3.01. The van der Waals surface area contributed by atoms with E-state index in [4.69, 9.17) is 4.74 Å². The average molecular weight is 635 g/mol. The largest absolute Gasteiger partial charge is 0.432 e. The van der Waals surface area contributed by atoms with Gasteiger partial charge >= 0.3 is 12.3 Å². The lowest BCUT2D eigenvalue weighted by Crippen LogP contribution is -2.37. The molecular weight excluding hydrogens is 593 g/mol. The molecule has 5 rings (SSSR count). The first kappa shape index (κ1) is 33.3. The van der Waals surface area contributed by atoms with Crippen molar-refractivity contribution in [1.29, 1.82) is 0 Å². The van der Waals surface area contributed by atoms with Crippen LogP contribution in [0.4, 0.5) is 30.7 Å². The van der Waals surface area contributed by atoms with Gasteiger partial charge in [0.25, 0.3) is 0 Å². The molecule has 0 N–H and O–H groups in total. The Kier molecular flexibility index (Phi) is 10.5. The third-order valence-corrected chi connectivity index (χ3v) is 9.92.